The minimum absolute atomic E-state index is 0.148. The number of aliphatic hydroxyl groups is 1. The van der Waals surface area contributed by atoms with Crippen LogP contribution in [0, 0.1) is 0 Å². The highest BCUT2D eigenvalue weighted by atomic mass is 16.2. The minimum atomic E-state index is -0.160. The van der Waals surface area contributed by atoms with Crippen LogP contribution in [-0.2, 0) is 0 Å². The molecule has 1 aromatic heterocycles. The summed E-state index contributed by atoms with van der Waals surface area (Å²) in [6.45, 7) is 4.45. The van der Waals surface area contributed by atoms with Gasteiger partial charge in [0.25, 0.3) is 5.91 Å². The van der Waals surface area contributed by atoms with E-state index in [-0.39, 0.29) is 12.5 Å². The summed E-state index contributed by atoms with van der Waals surface area (Å²) in [5.74, 6) is 0.435. The van der Waals surface area contributed by atoms with Crippen molar-refractivity contribution in [2.75, 3.05) is 18.6 Å². The van der Waals surface area contributed by atoms with Crippen molar-refractivity contribution >= 4 is 17.4 Å². The summed E-state index contributed by atoms with van der Waals surface area (Å²) in [4.78, 5) is 15.8. The molecule has 19 heavy (non-hydrogen) atoms. The molecule has 0 saturated heterocycles. The van der Waals surface area contributed by atoms with Gasteiger partial charge in [0.05, 0.1) is 5.56 Å². The minimum Gasteiger partial charge on any atom is -0.396 e. The van der Waals surface area contributed by atoms with Crippen LogP contribution in [0.15, 0.2) is 23.4 Å². The molecule has 1 amide bonds. The molecule has 0 unspecified atom stereocenters. The van der Waals surface area contributed by atoms with Gasteiger partial charge in [0.15, 0.2) is 0 Å². The molecule has 1 heterocycles. The molecule has 104 valence electrons. The van der Waals surface area contributed by atoms with E-state index in [4.69, 9.17) is 5.11 Å². The maximum absolute atomic E-state index is 11.7. The second-order valence-corrected chi connectivity index (χ2v) is 4.29. The number of pyridine rings is 1. The van der Waals surface area contributed by atoms with Gasteiger partial charge >= 0.3 is 0 Å². The lowest BCUT2D eigenvalue weighted by Crippen LogP contribution is -2.24. The van der Waals surface area contributed by atoms with Crippen LogP contribution in [0.3, 0.4) is 0 Å². The van der Waals surface area contributed by atoms with Crippen LogP contribution >= 0.6 is 0 Å². The summed E-state index contributed by atoms with van der Waals surface area (Å²) in [6, 6.07) is 3.40. The molecular formula is C13H20N4O2. The highest BCUT2D eigenvalue weighted by molar-refractivity contribution is 5.94. The second kappa shape index (κ2) is 8.20. The number of hydrogen-bond donors (Lipinski definition) is 3. The van der Waals surface area contributed by atoms with E-state index in [1.165, 1.54) is 6.20 Å². The fourth-order valence-corrected chi connectivity index (χ4v) is 1.30. The monoisotopic (exact) mass is 264 g/mol. The Kier molecular flexibility index (Phi) is 6.52. The van der Waals surface area contributed by atoms with Crippen LogP contribution in [0.4, 0.5) is 5.82 Å². The van der Waals surface area contributed by atoms with E-state index in [1.807, 2.05) is 13.8 Å². The topological polar surface area (TPSA) is 86.6 Å². The number of aliphatic hydroxyl groups excluding tert-OH is 1. The average molecular weight is 264 g/mol. The SMILES string of the molecule is CC(C)=NNc1ccc(C(=O)NCCCCO)cn1. The third-order valence-corrected chi connectivity index (χ3v) is 2.29. The number of hydrazone groups is 1. The number of unbranched alkanes of at least 4 members (excludes halogenated alkanes) is 1. The Morgan fingerprint density at radius 1 is 1.37 bits per heavy atom. The Hall–Kier alpha value is -1.95. The molecule has 0 radical (unpaired) electrons. The molecule has 0 aliphatic heterocycles. The molecule has 1 aromatic rings. The summed E-state index contributed by atoms with van der Waals surface area (Å²) in [6.07, 6.45) is 2.96. The predicted molar refractivity (Wildman–Crippen MR) is 75.3 cm³/mol. The predicted octanol–water partition coefficient (Wildman–Crippen LogP) is 1.39. The van der Waals surface area contributed by atoms with Crippen molar-refractivity contribution in [3.05, 3.63) is 23.9 Å². The van der Waals surface area contributed by atoms with E-state index in [0.29, 0.717) is 24.3 Å². The first-order chi connectivity index (χ1) is 9.13. The zero-order chi connectivity index (χ0) is 14.1. The maximum atomic E-state index is 11.7. The van der Waals surface area contributed by atoms with Gasteiger partial charge in [-0.25, -0.2) is 4.98 Å². The van der Waals surface area contributed by atoms with Gasteiger partial charge < -0.3 is 10.4 Å². The first kappa shape index (κ1) is 15.1. The number of anilines is 1. The van der Waals surface area contributed by atoms with Crippen LogP contribution in [0.1, 0.15) is 37.0 Å². The normalized spacial score (nSPS) is 9.84. The van der Waals surface area contributed by atoms with Gasteiger partial charge in [0, 0.05) is 25.1 Å². The molecule has 6 heteroatoms. The number of nitrogens with zero attached hydrogens (tertiary/aromatic N) is 2. The lowest BCUT2D eigenvalue weighted by Gasteiger charge is -2.05. The Morgan fingerprint density at radius 3 is 2.74 bits per heavy atom. The largest absolute Gasteiger partial charge is 0.396 e. The lowest BCUT2D eigenvalue weighted by molar-refractivity contribution is 0.0951. The van der Waals surface area contributed by atoms with Crippen molar-refractivity contribution < 1.29 is 9.90 Å². The van der Waals surface area contributed by atoms with E-state index >= 15 is 0 Å². The zero-order valence-corrected chi connectivity index (χ0v) is 11.3. The molecule has 1 rings (SSSR count). The number of hydrogen-bond acceptors (Lipinski definition) is 5. The molecule has 3 N–H and O–H groups in total. The average Bonchev–Trinajstić information content (AvgIpc) is 2.41. The number of aromatic nitrogens is 1. The standard InChI is InChI=1S/C13H20N4O2/c1-10(2)16-17-12-6-5-11(9-15-12)13(19)14-7-3-4-8-18/h5-6,9,18H,3-4,7-8H2,1-2H3,(H,14,19)(H,15,17). The molecule has 6 nitrogen and oxygen atoms in total. The molecular weight excluding hydrogens is 244 g/mol. The molecule has 0 aliphatic carbocycles. The van der Waals surface area contributed by atoms with E-state index < -0.39 is 0 Å². The summed E-state index contributed by atoms with van der Waals surface area (Å²) in [7, 11) is 0. The van der Waals surface area contributed by atoms with Crippen molar-refractivity contribution in [1.29, 1.82) is 0 Å². The molecule has 0 aromatic carbocycles. The third-order valence-electron chi connectivity index (χ3n) is 2.29. The fourth-order valence-electron chi connectivity index (χ4n) is 1.30. The lowest BCUT2D eigenvalue weighted by atomic mass is 10.2. The van der Waals surface area contributed by atoms with Crippen LogP contribution in [0.5, 0.6) is 0 Å². The Bertz CT molecular complexity index is 425. The highest BCUT2D eigenvalue weighted by Crippen LogP contribution is 2.05. The summed E-state index contributed by atoms with van der Waals surface area (Å²) in [5, 5.41) is 15.4. The number of nitrogens with one attached hydrogen (secondary N) is 2. The number of amides is 1. The van der Waals surface area contributed by atoms with E-state index in [2.05, 4.69) is 20.8 Å². The van der Waals surface area contributed by atoms with Gasteiger partial charge in [0.2, 0.25) is 0 Å². The Morgan fingerprint density at radius 2 is 2.16 bits per heavy atom. The Balaban J connectivity index is 2.46. The first-order valence-electron chi connectivity index (χ1n) is 6.25. The van der Waals surface area contributed by atoms with E-state index in [0.717, 1.165) is 12.1 Å². The summed E-state index contributed by atoms with van der Waals surface area (Å²) >= 11 is 0. The third kappa shape index (κ3) is 5.96. The molecule has 0 atom stereocenters. The quantitative estimate of drug-likeness (QED) is 0.394. The van der Waals surface area contributed by atoms with Gasteiger partial charge in [-0.1, -0.05) is 0 Å². The van der Waals surface area contributed by atoms with Crippen molar-refractivity contribution in [2.24, 2.45) is 5.10 Å². The van der Waals surface area contributed by atoms with Crippen molar-refractivity contribution in [3.8, 4) is 0 Å². The summed E-state index contributed by atoms with van der Waals surface area (Å²) in [5.41, 5.74) is 4.19. The molecule has 0 aliphatic rings. The van der Waals surface area contributed by atoms with Gasteiger partial charge in [-0.3, -0.25) is 10.2 Å². The smallest absolute Gasteiger partial charge is 0.252 e. The number of rotatable bonds is 7. The number of carbonyl (C=O) groups excluding carboxylic acids is 1. The fraction of sp³-hybridized carbons (Fsp3) is 0.462. The zero-order valence-electron chi connectivity index (χ0n) is 11.3. The van der Waals surface area contributed by atoms with Gasteiger partial charge in [-0.05, 0) is 38.8 Å². The molecule has 0 bridgehead atoms. The van der Waals surface area contributed by atoms with Crippen molar-refractivity contribution in [1.82, 2.24) is 10.3 Å². The first-order valence-corrected chi connectivity index (χ1v) is 6.25. The van der Waals surface area contributed by atoms with Crippen LogP contribution in [0.25, 0.3) is 0 Å². The maximum Gasteiger partial charge on any atom is 0.252 e. The van der Waals surface area contributed by atoms with Crippen LogP contribution in [0.2, 0.25) is 0 Å². The molecule has 0 fully saturated rings. The molecule has 0 spiro atoms. The number of carbonyl (C=O) groups is 1. The van der Waals surface area contributed by atoms with E-state index in [9.17, 15) is 4.79 Å². The van der Waals surface area contributed by atoms with Crippen molar-refractivity contribution in [2.45, 2.75) is 26.7 Å². The van der Waals surface area contributed by atoms with Gasteiger partial charge in [-0.2, -0.15) is 5.10 Å². The molecule has 0 saturated carbocycles. The second-order valence-electron chi connectivity index (χ2n) is 4.29. The van der Waals surface area contributed by atoms with Crippen LogP contribution in [-0.4, -0.2) is 34.9 Å². The highest BCUT2D eigenvalue weighted by Gasteiger charge is 2.04. The van der Waals surface area contributed by atoms with Crippen LogP contribution < -0.4 is 10.7 Å². The van der Waals surface area contributed by atoms with Gasteiger partial charge in [0.1, 0.15) is 5.82 Å². The Labute approximate surface area is 112 Å². The van der Waals surface area contributed by atoms with Gasteiger partial charge in [-0.15, -0.1) is 0 Å². The van der Waals surface area contributed by atoms with E-state index in [1.54, 1.807) is 12.1 Å². The summed E-state index contributed by atoms with van der Waals surface area (Å²) < 4.78 is 0. The van der Waals surface area contributed by atoms with Crippen molar-refractivity contribution in [3.63, 3.8) is 0 Å².